The highest BCUT2D eigenvalue weighted by Crippen LogP contribution is 2.22. The Morgan fingerprint density at radius 2 is 1.74 bits per heavy atom. The third-order valence-electron chi connectivity index (χ3n) is 5.23. The number of anilines is 1. The fourth-order valence-corrected chi connectivity index (χ4v) is 4.73. The molecule has 0 spiro atoms. The smallest absolute Gasteiger partial charge is 0.242 e. The number of hydrogen-bond acceptors (Lipinski definition) is 4. The van der Waals surface area contributed by atoms with Crippen molar-refractivity contribution in [1.82, 2.24) is 10.2 Å². The van der Waals surface area contributed by atoms with E-state index in [2.05, 4.69) is 5.32 Å². The number of rotatable bonds is 12. The summed E-state index contributed by atoms with van der Waals surface area (Å²) >= 11 is 12.0. The maximum Gasteiger partial charge on any atom is 0.242 e. The molecule has 0 aliphatic heterocycles. The van der Waals surface area contributed by atoms with Crippen LogP contribution in [-0.2, 0) is 26.2 Å². The number of amides is 2. The summed E-state index contributed by atoms with van der Waals surface area (Å²) in [5, 5.41) is 3.87. The van der Waals surface area contributed by atoms with E-state index in [9.17, 15) is 18.0 Å². The summed E-state index contributed by atoms with van der Waals surface area (Å²) in [6.45, 7) is 4.49. The van der Waals surface area contributed by atoms with Gasteiger partial charge in [0, 0.05) is 36.1 Å². The minimum absolute atomic E-state index is 0.0750. The van der Waals surface area contributed by atoms with Crippen molar-refractivity contribution in [3.63, 3.8) is 0 Å². The summed E-state index contributed by atoms with van der Waals surface area (Å²) in [4.78, 5) is 27.3. The quantitative estimate of drug-likeness (QED) is 0.440. The van der Waals surface area contributed by atoms with Gasteiger partial charge in [0.15, 0.2) is 0 Å². The molecular weight excluding hydrogens is 497 g/mol. The Labute approximate surface area is 212 Å². The molecule has 0 aromatic heterocycles. The van der Waals surface area contributed by atoms with Crippen LogP contribution in [0, 0.1) is 0 Å². The first-order chi connectivity index (χ1) is 16.0. The zero-order chi connectivity index (χ0) is 25.3. The van der Waals surface area contributed by atoms with Crippen LogP contribution in [0.4, 0.5) is 5.69 Å². The fraction of sp³-hybridized carbons (Fsp3) is 0.417. The van der Waals surface area contributed by atoms with E-state index >= 15 is 0 Å². The highest BCUT2D eigenvalue weighted by molar-refractivity contribution is 7.92. The average Bonchev–Trinajstić information content (AvgIpc) is 2.78. The monoisotopic (exact) mass is 527 g/mol. The van der Waals surface area contributed by atoms with Gasteiger partial charge in [0.05, 0.1) is 11.9 Å². The number of carbonyl (C=O) groups excluding carboxylic acids is 2. The van der Waals surface area contributed by atoms with Gasteiger partial charge < -0.3 is 10.2 Å². The molecule has 1 unspecified atom stereocenters. The second kappa shape index (κ2) is 13.0. The summed E-state index contributed by atoms with van der Waals surface area (Å²) in [5.74, 6) is -0.486. The molecule has 0 fully saturated rings. The second-order valence-corrected chi connectivity index (χ2v) is 10.8. The molecule has 7 nitrogen and oxygen atoms in total. The molecule has 0 aliphatic carbocycles. The number of hydrogen-bond donors (Lipinski definition) is 1. The van der Waals surface area contributed by atoms with Crippen LogP contribution in [0.3, 0.4) is 0 Å². The first-order valence-electron chi connectivity index (χ1n) is 11.1. The van der Waals surface area contributed by atoms with Crippen molar-refractivity contribution >= 4 is 50.7 Å². The molecule has 10 heteroatoms. The van der Waals surface area contributed by atoms with E-state index in [1.807, 2.05) is 13.0 Å². The minimum Gasteiger partial charge on any atom is -0.354 e. The Bertz CT molecular complexity index is 1080. The number of sulfonamides is 1. The van der Waals surface area contributed by atoms with Crippen molar-refractivity contribution in [1.29, 1.82) is 0 Å². The molecule has 1 N–H and O–H groups in total. The Morgan fingerprint density at radius 3 is 2.32 bits per heavy atom. The largest absolute Gasteiger partial charge is 0.354 e. The molecule has 0 saturated heterocycles. The summed E-state index contributed by atoms with van der Waals surface area (Å²) in [6.07, 6.45) is 2.26. The van der Waals surface area contributed by atoms with Gasteiger partial charge in [-0.1, -0.05) is 42.3 Å². The zero-order valence-electron chi connectivity index (χ0n) is 19.6. The van der Waals surface area contributed by atoms with Crippen molar-refractivity contribution < 1.29 is 18.0 Å². The van der Waals surface area contributed by atoms with E-state index < -0.39 is 16.1 Å². The number of carbonyl (C=O) groups is 2. The SMILES string of the molecule is CCCNC(=O)C(C)N(Cc1cccc(Cl)c1)C(=O)CCCN(c1ccc(Cl)cc1)S(C)(=O)=O. The zero-order valence-corrected chi connectivity index (χ0v) is 22.0. The Morgan fingerprint density at radius 1 is 1.06 bits per heavy atom. The number of halogens is 2. The predicted octanol–water partition coefficient (Wildman–Crippen LogP) is 4.48. The van der Waals surface area contributed by atoms with Crippen LogP contribution in [0.5, 0.6) is 0 Å². The highest BCUT2D eigenvalue weighted by atomic mass is 35.5. The maximum atomic E-state index is 13.2. The minimum atomic E-state index is -3.56. The summed E-state index contributed by atoms with van der Waals surface area (Å²) in [6, 6.07) is 12.9. The van der Waals surface area contributed by atoms with Crippen molar-refractivity contribution in [3.05, 3.63) is 64.1 Å². The Hall–Kier alpha value is -2.29. The van der Waals surface area contributed by atoms with Gasteiger partial charge in [-0.2, -0.15) is 0 Å². The van der Waals surface area contributed by atoms with Crippen LogP contribution in [0.25, 0.3) is 0 Å². The van der Waals surface area contributed by atoms with Crippen LogP contribution >= 0.6 is 23.2 Å². The number of nitrogens with zero attached hydrogens (tertiary/aromatic N) is 2. The van der Waals surface area contributed by atoms with Crippen molar-refractivity contribution in [3.8, 4) is 0 Å². The predicted molar refractivity (Wildman–Crippen MR) is 138 cm³/mol. The van der Waals surface area contributed by atoms with E-state index in [0.29, 0.717) is 22.3 Å². The molecule has 2 aromatic carbocycles. The lowest BCUT2D eigenvalue weighted by Gasteiger charge is -2.29. The van der Waals surface area contributed by atoms with Crippen molar-refractivity contribution in [2.75, 3.05) is 23.7 Å². The topological polar surface area (TPSA) is 86.8 Å². The van der Waals surface area contributed by atoms with Gasteiger partial charge in [-0.05, 0) is 61.7 Å². The van der Waals surface area contributed by atoms with Gasteiger partial charge in [0.25, 0.3) is 0 Å². The molecule has 34 heavy (non-hydrogen) atoms. The molecule has 0 aliphatic rings. The third-order valence-corrected chi connectivity index (χ3v) is 6.91. The molecule has 2 rings (SSSR count). The second-order valence-electron chi connectivity index (χ2n) is 8.03. The highest BCUT2D eigenvalue weighted by Gasteiger charge is 2.26. The molecule has 0 bridgehead atoms. The van der Waals surface area contributed by atoms with Crippen LogP contribution in [-0.4, -0.2) is 50.5 Å². The van der Waals surface area contributed by atoms with Gasteiger partial charge in [0.2, 0.25) is 21.8 Å². The molecule has 2 aromatic rings. The lowest BCUT2D eigenvalue weighted by atomic mass is 10.1. The van der Waals surface area contributed by atoms with Crippen LogP contribution in [0.15, 0.2) is 48.5 Å². The van der Waals surface area contributed by atoms with E-state index in [1.165, 1.54) is 9.21 Å². The van der Waals surface area contributed by atoms with Crippen molar-refractivity contribution in [2.45, 2.75) is 45.7 Å². The molecule has 0 saturated carbocycles. The van der Waals surface area contributed by atoms with Crippen LogP contribution in [0.1, 0.15) is 38.7 Å². The van der Waals surface area contributed by atoms with Gasteiger partial charge in [-0.15, -0.1) is 0 Å². The Kier molecular flexibility index (Phi) is 10.7. The van der Waals surface area contributed by atoms with Gasteiger partial charge >= 0.3 is 0 Å². The molecule has 0 radical (unpaired) electrons. The normalized spacial score (nSPS) is 12.1. The van der Waals surface area contributed by atoms with Gasteiger partial charge in [-0.3, -0.25) is 13.9 Å². The summed E-state index contributed by atoms with van der Waals surface area (Å²) in [7, 11) is -3.56. The van der Waals surface area contributed by atoms with E-state index in [4.69, 9.17) is 23.2 Å². The molecule has 0 heterocycles. The van der Waals surface area contributed by atoms with E-state index in [0.717, 1.165) is 18.2 Å². The van der Waals surface area contributed by atoms with Crippen LogP contribution in [0.2, 0.25) is 10.0 Å². The summed E-state index contributed by atoms with van der Waals surface area (Å²) in [5.41, 5.74) is 1.28. The van der Waals surface area contributed by atoms with Gasteiger partial charge in [0.1, 0.15) is 6.04 Å². The molecular formula is C24H31Cl2N3O4S. The first kappa shape index (κ1) is 28.0. The molecule has 2 amide bonds. The average molecular weight is 529 g/mol. The first-order valence-corrected chi connectivity index (χ1v) is 13.7. The number of nitrogens with one attached hydrogen (secondary N) is 1. The van der Waals surface area contributed by atoms with E-state index in [1.54, 1.807) is 49.4 Å². The lowest BCUT2D eigenvalue weighted by molar-refractivity contribution is -0.140. The Balaban J connectivity index is 2.14. The van der Waals surface area contributed by atoms with Gasteiger partial charge in [-0.25, -0.2) is 8.42 Å². The fourth-order valence-electron chi connectivity index (χ4n) is 3.42. The van der Waals surface area contributed by atoms with E-state index in [-0.39, 0.29) is 37.7 Å². The van der Waals surface area contributed by atoms with Crippen LogP contribution < -0.4 is 9.62 Å². The third kappa shape index (κ3) is 8.49. The molecule has 186 valence electrons. The molecule has 1 atom stereocenters. The number of benzene rings is 2. The maximum absolute atomic E-state index is 13.2. The summed E-state index contributed by atoms with van der Waals surface area (Å²) < 4.78 is 25.9. The van der Waals surface area contributed by atoms with Crippen molar-refractivity contribution in [2.24, 2.45) is 0 Å². The lowest BCUT2D eigenvalue weighted by Crippen LogP contribution is -2.47. The standard InChI is InChI=1S/C24H31Cl2N3O4S/c1-4-14-27-24(31)18(2)28(17-19-7-5-8-21(26)16-19)23(30)9-6-15-29(34(3,32)33)22-12-10-20(25)11-13-22/h5,7-8,10-13,16,18H,4,6,9,14-15,17H2,1-3H3,(H,27,31).